The standard InChI is InChI=1S/C17H29NO3/c1-4-6-7-8-9-10-11-14-15(13(3)17(20)21-14)16(19)18-12-5-2/h14-15H,3-12H2,1-2H3,(H,18,19)/t14-,15+/m0/s1. The summed E-state index contributed by atoms with van der Waals surface area (Å²) in [5.74, 6) is -1.04. The van der Waals surface area contributed by atoms with E-state index in [1.807, 2.05) is 6.92 Å². The highest BCUT2D eigenvalue weighted by Gasteiger charge is 2.42. The highest BCUT2D eigenvalue weighted by atomic mass is 16.6. The summed E-state index contributed by atoms with van der Waals surface area (Å²) in [6.45, 7) is 8.55. The van der Waals surface area contributed by atoms with Crippen LogP contribution in [0.1, 0.15) is 65.2 Å². The van der Waals surface area contributed by atoms with Crippen molar-refractivity contribution in [3.63, 3.8) is 0 Å². The van der Waals surface area contributed by atoms with Gasteiger partial charge in [0.25, 0.3) is 0 Å². The number of hydrogen-bond donors (Lipinski definition) is 1. The Hall–Kier alpha value is -1.32. The highest BCUT2D eigenvalue weighted by molar-refractivity contribution is 5.99. The lowest BCUT2D eigenvalue weighted by atomic mass is 9.92. The second-order valence-electron chi connectivity index (χ2n) is 5.79. The van der Waals surface area contributed by atoms with Crippen LogP contribution in [-0.4, -0.2) is 24.5 Å². The number of hydrogen-bond acceptors (Lipinski definition) is 3. The zero-order valence-electron chi connectivity index (χ0n) is 13.5. The van der Waals surface area contributed by atoms with Gasteiger partial charge in [0.05, 0.1) is 0 Å². The molecule has 0 radical (unpaired) electrons. The van der Waals surface area contributed by atoms with E-state index in [9.17, 15) is 9.59 Å². The largest absolute Gasteiger partial charge is 0.458 e. The number of carbonyl (C=O) groups excluding carboxylic acids is 2. The third-order valence-corrected chi connectivity index (χ3v) is 3.94. The Morgan fingerprint density at radius 3 is 2.48 bits per heavy atom. The van der Waals surface area contributed by atoms with E-state index in [0.29, 0.717) is 12.1 Å². The fraction of sp³-hybridized carbons (Fsp3) is 0.765. The van der Waals surface area contributed by atoms with Gasteiger partial charge in [0.1, 0.15) is 12.0 Å². The Labute approximate surface area is 128 Å². The average Bonchev–Trinajstić information content (AvgIpc) is 2.75. The van der Waals surface area contributed by atoms with Crippen molar-refractivity contribution in [2.75, 3.05) is 6.54 Å². The summed E-state index contributed by atoms with van der Waals surface area (Å²) >= 11 is 0. The molecule has 2 atom stereocenters. The van der Waals surface area contributed by atoms with E-state index in [0.717, 1.165) is 25.7 Å². The van der Waals surface area contributed by atoms with Crippen molar-refractivity contribution in [3.8, 4) is 0 Å². The van der Waals surface area contributed by atoms with Gasteiger partial charge in [0.2, 0.25) is 5.91 Å². The maximum atomic E-state index is 12.1. The number of amides is 1. The molecule has 0 aromatic rings. The molecule has 1 rings (SSSR count). The van der Waals surface area contributed by atoms with Crippen LogP contribution in [0.5, 0.6) is 0 Å². The highest BCUT2D eigenvalue weighted by Crippen LogP contribution is 2.30. The van der Waals surface area contributed by atoms with Crippen molar-refractivity contribution in [1.82, 2.24) is 5.32 Å². The molecule has 1 N–H and O–H groups in total. The first-order valence-corrected chi connectivity index (χ1v) is 8.29. The molecular formula is C17H29NO3. The molecule has 1 fully saturated rings. The second-order valence-corrected chi connectivity index (χ2v) is 5.79. The predicted octanol–water partition coefficient (Wildman–Crippen LogP) is 3.36. The third kappa shape index (κ3) is 5.52. The molecule has 4 heteroatoms. The van der Waals surface area contributed by atoms with Gasteiger partial charge in [-0.25, -0.2) is 4.79 Å². The van der Waals surface area contributed by atoms with Crippen LogP contribution >= 0.6 is 0 Å². The molecule has 0 unspecified atom stereocenters. The van der Waals surface area contributed by atoms with Gasteiger partial charge in [-0.3, -0.25) is 4.79 Å². The molecule has 0 aromatic heterocycles. The van der Waals surface area contributed by atoms with Crippen LogP contribution < -0.4 is 5.32 Å². The minimum atomic E-state index is -0.500. The lowest BCUT2D eigenvalue weighted by molar-refractivity contribution is -0.140. The quantitative estimate of drug-likeness (QED) is 0.382. The zero-order chi connectivity index (χ0) is 15.7. The summed E-state index contributed by atoms with van der Waals surface area (Å²) in [5, 5.41) is 2.84. The Bertz CT molecular complexity index is 365. The van der Waals surface area contributed by atoms with Crippen LogP contribution in [0.2, 0.25) is 0 Å². The van der Waals surface area contributed by atoms with Crippen molar-refractivity contribution in [3.05, 3.63) is 12.2 Å². The van der Waals surface area contributed by atoms with Crippen LogP contribution in [0, 0.1) is 5.92 Å². The zero-order valence-corrected chi connectivity index (χ0v) is 13.5. The Kier molecular flexibility index (Phi) is 8.09. The lowest BCUT2D eigenvalue weighted by Crippen LogP contribution is -2.36. The second kappa shape index (κ2) is 9.59. The number of cyclic esters (lactones) is 1. The first kappa shape index (κ1) is 17.7. The molecule has 1 amide bonds. The number of nitrogens with one attached hydrogen (secondary N) is 1. The molecular weight excluding hydrogens is 266 g/mol. The van der Waals surface area contributed by atoms with E-state index < -0.39 is 11.9 Å². The molecule has 0 spiro atoms. The Morgan fingerprint density at radius 1 is 1.14 bits per heavy atom. The maximum absolute atomic E-state index is 12.1. The number of carbonyl (C=O) groups is 2. The molecule has 21 heavy (non-hydrogen) atoms. The molecule has 1 aliphatic rings. The van der Waals surface area contributed by atoms with Gasteiger partial charge in [-0.15, -0.1) is 0 Å². The van der Waals surface area contributed by atoms with Gasteiger partial charge in [-0.05, 0) is 19.3 Å². The summed E-state index contributed by atoms with van der Waals surface area (Å²) in [6, 6.07) is 0. The summed E-state index contributed by atoms with van der Waals surface area (Å²) in [5.41, 5.74) is 0.305. The molecule has 1 aliphatic heterocycles. The molecule has 4 nitrogen and oxygen atoms in total. The third-order valence-electron chi connectivity index (χ3n) is 3.94. The Balaban J connectivity index is 2.41. The van der Waals surface area contributed by atoms with Crippen molar-refractivity contribution in [2.24, 2.45) is 5.92 Å². The van der Waals surface area contributed by atoms with E-state index >= 15 is 0 Å². The average molecular weight is 295 g/mol. The van der Waals surface area contributed by atoms with Crippen molar-refractivity contribution in [1.29, 1.82) is 0 Å². The van der Waals surface area contributed by atoms with E-state index in [1.54, 1.807) is 0 Å². The van der Waals surface area contributed by atoms with Crippen molar-refractivity contribution in [2.45, 2.75) is 71.3 Å². The smallest absolute Gasteiger partial charge is 0.334 e. The van der Waals surface area contributed by atoms with Gasteiger partial charge < -0.3 is 10.1 Å². The summed E-state index contributed by atoms with van der Waals surface area (Å²) < 4.78 is 5.32. The van der Waals surface area contributed by atoms with Crippen molar-refractivity contribution >= 4 is 11.9 Å². The lowest BCUT2D eigenvalue weighted by Gasteiger charge is -2.17. The minimum absolute atomic E-state index is 0.122. The fourth-order valence-corrected chi connectivity index (χ4v) is 2.67. The van der Waals surface area contributed by atoms with Gasteiger partial charge in [0.15, 0.2) is 0 Å². The molecule has 0 aromatic carbocycles. The number of ether oxygens (including phenoxy) is 1. The van der Waals surface area contributed by atoms with Crippen LogP contribution in [0.3, 0.4) is 0 Å². The summed E-state index contributed by atoms with van der Waals surface area (Å²) in [7, 11) is 0. The first-order chi connectivity index (χ1) is 10.1. The van der Waals surface area contributed by atoms with Gasteiger partial charge in [-0.2, -0.15) is 0 Å². The SMILES string of the molecule is C=C1C(=O)O[C@@H](CCCCCCCC)[C@@H]1C(=O)NCCC. The molecule has 0 saturated carbocycles. The normalized spacial score (nSPS) is 21.4. The van der Waals surface area contributed by atoms with E-state index in [1.165, 1.54) is 25.7 Å². The van der Waals surface area contributed by atoms with Gasteiger partial charge in [-0.1, -0.05) is 52.5 Å². The summed E-state index contributed by atoms with van der Waals surface area (Å²) in [6.07, 6.45) is 8.40. The monoisotopic (exact) mass is 295 g/mol. The van der Waals surface area contributed by atoms with Crippen molar-refractivity contribution < 1.29 is 14.3 Å². The van der Waals surface area contributed by atoms with Gasteiger partial charge >= 0.3 is 5.97 Å². The van der Waals surface area contributed by atoms with E-state index in [2.05, 4.69) is 18.8 Å². The van der Waals surface area contributed by atoms with E-state index in [-0.39, 0.29) is 12.0 Å². The molecule has 1 saturated heterocycles. The number of esters is 1. The molecule has 0 bridgehead atoms. The fourth-order valence-electron chi connectivity index (χ4n) is 2.67. The van der Waals surface area contributed by atoms with Crippen LogP contribution in [-0.2, 0) is 14.3 Å². The van der Waals surface area contributed by atoms with Crippen LogP contribution in [0.15, 0.2) is 12.2 Å². The van der Waals surface area contributed by atoms with E-state index in [4.69, 9.17) is 4.74 Å². The molecule has 0 aliphatic carbocycles. The van der Waals surface area contributed by atoms with Crippen LogP contribution in [0.25, 0.3) is 0 Å². The number of rotatable bonds is 10. The molecule has 1 heterocycles. The minimum Gasteiger partial charge on any atom is -0.458 e. The maximum Gasteiger partial charge on any atom is 0.334 e. The topological polar surface area (TPSA) is 55.4 Å². The molecule has 120 valence electrons. The van der Waals surface area contributed by atoms with Gasteiger partial charge in [0, 0.05) is 12.1 Å². The Morgan fingerprint density at radius 2 is 1.81 bits per heavy atom. The summed E-state index contributed by atoms with van der Waals surface area (Å²) in [4.78, 5) is 23.8. The predicted molar refractivity (Wildman–Crippen MR) is 83.8 cm³/mol. The number of unbranched alkanes of at least 4 members (excludes halogenated alkanes) is 5. The van der Waals surface area contributed by atoms with Crippen LogP contribution in [0.4, 0.5) is 0 Å². The first-order valence-electron chi connectivity index (χ1n) is 8.29.